The number of hydrogen-bond acceptors (Lipinski definition) is 3. The van der Waals surface area contributed by atoms with Crippen molar-refractivity contribution >= 4 is 11.4 Å². The number of nitrogens with one attached hydrogen (secondary N) is 1. The van der Waals surface area contributed by atoms with Crippen LogP contribution in [-0.4, -0.2) is 39.8 Å². The maximum Gasteiger partial charge on any atom is 0.0605 e. The molecule has 0 radical (unpaired) electrons. The summed E-state index contributed by atoms with van der Waals surface area (Å²) in [6.07, 6.45) is 2.55. The Morgan fingerprint density at radius 1 is 1.11 bits per heavy atom. The molecule has 0 aromatic heterocycles. The van der Waals surface area contributed by atoms with Gasteiger partial charge in [-0.2, -0.15) is 0 Å². The van der Waals surface area contributed by atoms with Crippen LogP contribution in [0.15, 0.2) is 24.3 Å². The zero-order valence-electron chi connectivity index (χ0n) is 11.7. The number of nitrogens with zero attached hydrogens (tertiary/aromatic N) is 2. The van der Waals surface area contributed by atoms with Crippen molar-refractivity contribution in [1.82, 2.24) is 5.32 Å². The number of unbranched alkanes of at least 4 members (excludes halogenated alkanes) is 1. The van der Waals surface area contributed by atoms with E-state index < -0.39 is 0 Å². The van der Waals surface area contributed by atoms with Gasteiger partial charge in [0.25, 0.3) is 0 Å². The normalized spacial score (nSPS) is 14.8. The van der Waals surface area contributed by atoms with Gasteiger partial charge in [-0.25, -0.2) is 0 Å². The van der Waals surface area contributed by atoms with E-state index in [0.717, 1.165) is 32.7 Å². The van der Waals surface area contributed by atoms with Crippen LogP contribution in [0.5, 0.6) is 0 Å². The summed E-state index contributed by atoms with van der Waals surface area (Å²) >= 11 is 0. The first-order valence-electron chi connectivity index (χ1n) is 7.08. The van der Waals surface area contributed by atoms with Crippen molar-refractivity contribution in [2.75, 3.05) is 49.6 Å². The molecule has 0 bridgehead atoms. The van der Waals surface area contributed by atoms with Crippen molar-refractivity contribution in [2.24, 2.45) is 0 Å². The summed E-state index contributed by atoms with van der Waals surface area (Å²) in [7, 11) is 2.18. The van der Waals surface area contributed by atoms with Crippen molar-refractivity contribution < 1.29 is 0 Å². The SMILES string of the molecule is CCCCNCCN1CCN(C)c2ccccc21. The maximum absolute atomic E-state index is 3.52. The molecule has 0 saturated carbocycles. The van der Waals surface area contributed by atoms with Gasteiger partial charge in [0, 0.05) is 33.2 Å². The third-order valence-corrected chi connectivity index (χ3v) is 3.60. The monoisotopic (exact) mass is 247 g/mol. The molecule has 1 N–H and O–H groups in total. The minimum atomic E-state index is 1.08. The maximum atomic E-state index is 3.52. The quantitative estimate of drug-likeness (QED) is 0.778. The van der Waals surface area contributed by atoms with Crippen molar-refractivity contribution in [3.63, 3.8) is 0 Å². The fourth-order valence-corrected chi connectivity index (χ4v) is 2.44. The highest BCUT2D eigenvalue weighted by molar-refractivity contribution is 5.73. The number of likely N-dealkylation sites (N-methyl/N-ethyl adjacent to an activating group) is 1. The molecule has 0 amide bonds. The molecule has 1 heterocycles. The van der Waals surface area contributed by atoms with E-state index in [-0.39, 0.29) is 0 Å². The molecule has 3 heteroatoms. The van der Waals surface area contributed by atoms with E-state index in [2.05, 4.69) is 53.4 Å². The topological polar surface area (TPSA) is 18.5 Å². The third kappa shape index (κ3) is 3.16. The predicted octanol–water partition coefficient (Wildman–Crippen LogP) is 2.33. The average molecular weight is 247 g/mol. The Labute approximate surface area is 111 Å². The molecule has 1 aromatic rings. The standard InChI is InChI=1S/C15H25N3/c1-3-4-9-16-10-11-18-13-12-17(2)14-7-5-6-8-15(14)18/h5-8,16H,3-4,9-13H2,1-2H3. The van der Waals surface area contributed by atoms with Crippen LogP contribution in [0.25, 0.3) is 0 Å². The van der Waals surface area contributed by atoms with E-state index in [9.17, 15) is 0 Å². The van der Waals surface area contributed by atoms with Gasteiger partial charge in [-0.05, 0) is 25.1 Å². The van der Waals surface area contributed by atoms with Gasteiger partial charge in [0.05, 0.1) is 11.4 Å². The second-order valence-corrected chi connectivity index (χ2v) is 5.00. The second kappa shape index (κ2) is 6.64. The third-order valence-electron chi connectivity index (χ3n) is 3.60. The smallest absolute Gasteiger partial charge is 0.0605 e. The molecular weight excluding hydrogens is 222 g/mol. The molecule has 0 atom stereocenters. The molecule has 1 aliphatic heterocycles. The fourth-order valence-electron chi connectivity index (χ4n) is 2.44. The van der Waals surface area contributed by atoms with E-state index in [1.807, 2.05) is 0 Å². The lowest BCUT2D eigenvalue weighted by Crippen LogP contribution is -2.42. The van der Waals surface area contributed by atoms with Gasteiger partial charge in [0.1, 0.15) is 0 Å². The average Bonchev–Trinajstić information content (AvgIpc) is 2.41. The first-order valence-corrected chi connectivity index (χ1v) is 7.08. The number of para-hydroxylation sites is 2. The Kier molecular flexibility index (Phi) is 4.88. The fraction of sp³-hybridized carbons (Fsp3) is 0.600. The lowest BCUT2D eigenvalue weighted by atomic mass is 10.2. The number of fused-ring (bicyclic) bond motifs is 1. The zero-order valence-corrected chi connectivity index (χ0v) is 11.7. The Morgan fingerprint density at radius 3 is 2.67 bits per heavy atom. The minimum Gasteiger partial charge on any atom is -0.371 e. The van der Waals surface area contributed by atoms with Crippen molar-refractivity contribution in [3.05, 3.63) is 24.3 Å². The van der Waals surface area contributed by atoms with Crippen LogP contribution in [-0.2, 0) is 0 Å². The first kappa shape index (κ1) is 13.2. The number of benzene rings is 1. The molecule has 3 nitrogen and oxygen atoms in total. The molecule has 1 aromatic carbocycles. The summed E-state index contributed by atoms with van der Waals surface area (Å²) in [6, 6.07) is 8.71. The Bertz CT molecular complexity index is 365. The first-order chi connectivity index (χ1) is 8.83. The molecule has 1 aliphatic rings. The lowest BCUT2D eigenvalue weighted by molar-refractivity contribution is 0.620. The van der Waals surface area contributed by atoms with E-state index in [1.165, 1.54) is 24.2 Å². The van der Waals surface area contributed by atoms with E-state index in [4.69, 9.17) is 0 Å². The highest BCUT2D eigenvalue weighted by atomic mass is 15.3. The molecule has 0 fully saturated rings. The van der Waals surface area contributed by atoms with Crippen molar-refractivity contribution in [2.45, 2.75) is 19.8 Å². The van der Waals surface area contributed by atoms with Crippen LogP contribution in [0.3, 0.4) is 0 Å². The van der Waals surface area contributed by atoms with Crippen LogP contribution >= 0.6 is 0 Å². The summed E-state index contributed by atoms with van der Waals surface area (Å²) in [5, 5.41) is 3.52. The predicted molar refractivity (Wildman–Crippen MR) is 79.7 cm³/mol. The summed E-state index contributed by atoms with van der Waals surface area (Å²) in [6.45, 7) is 7.81. The van der Waals surface area contributed by atoms with E-state index in [0.29, 0.717) is 0 Å². The molecule has 0 aliphatic carbocycles. The van der Waals surface area contributed by atoms with Gasteiger partial charge in [-0.3, -0.25) is 0 Å². The van der Waals surface area contributed by atoms with Gasteiger partial charge < -0.3 is 15.1 Å². The molecule has 0 saturated heterocycles. The van der Waals surface area contributed by atoms with Crippen LogP contribution in [0.1, 0.15) is 19.8 Å². The van der Waals surface area contributed by atoms with Gasteiger partial charge in [0.2, 0.25) is 0 Å². The van der Waals surface area contributed by atoms with Crippen LogP contribution < -0.4 is 15.1 Å². The highest BCUT2D eigenvalue weighted by Gasteiger charge is 2.18. The largest absolute Gasteiger partial charge is 0.371 e. The molecule has 0 unspecified atom stereocenters. The van der Waals surface area contributed by atoms with Gasteiger partial charge in [-0.15, -0.1) is 0 Å². The lowest BCUT2D eigenvalue weighted by Gasteiger charge is -2.37. The zero-order chi connectivity index (χ0) is 12.8. The summed E-state index contributed by atoms with van der Waals surface area (Å²) in [5.41, 5.74) is 2.74. The van der Waals surface area contributed by atoms with Crippen LogP contribution in [0, 0.1) is 0 Å². The van der Waals surface area contributed by atoms with E-state index >= 15 is 0 Å². The highest BCUT2D eigenvalue weighted by Crippen LogP contribution is 2.31. The number of anilines is 2. The summed E-state index contributed by atoms with van der Waals surface area (Å²) in [4.78, 5) is 4.84. The Hall–Kier alpha value is -1.22. The molecule has 100 valence electrons. The summed E-state index contributed by atoms with van der Waals surface area (Å²) in [5.74, 6) is 0. The molecule has 18 heavy (non-hydrogen) atoms. The van der Waals surface area contributed by atoms with Gasteiger partial charge in [0.15, 0.2) is 0 Å². The van der Waals surface area contributed by atoms with Crippen molar-refractivity contribution in [3.8, 4) is 0 Å². The number of rotatable bonds is 6. The van der Waals surface area contributed by atoms with Gasteiger partial charge >= 0.3 is 0 Å². The summed E-state index contributed by atoms with van der Waals surface area (Å²) < 4.78 is 0. The molecular formula is C15H25N3. The van der Waals surface area contributed by atoms with Crippen LogP contribution in [0.2, 0.25) is 0 Å². The number of hydrogen-bond donors (Lipinski definition) is 1. The van der Waals surface area contributed by atoms with E-state index in [1.54, 1.807) is 0 Å². The van der Waals surface area contributed by atoms with Gasteiger partial charge in [-0.1, -0.05) is 25.5 Å². The minimum absolute atomic E-state index is 1.08. The Balaban J connectivity index is 1.89. The Morgan fingerprint density at radius 2 is 1.89 bits per heavy atom. The second-order valence-electron chi connectivity index (χ2n) is 5.00. The van der Waals surface area contributed by atoms with Crippen molar-refractivity contribution in [1.29, 1.82) is 0 Å². The van der Waals surface area contributed by atoms with Crippen LogP contribution in [0.4, 0.5) is 11.4 Å². The molecule has 0 spiro atoms. The molecule has 2 rings (SSSR count).